The van der Waals surface area contributed by atoms with E-state index in [1.807, 2.05) is 84.9 Å². The van der Waals surface area contributed by atoms with Gasteiger partial charge < -0.3 is 5.11 Å². The first kappa shape index (κ1) is 22.5. The van der Waals surface area contributed by atoms with Gasteiger partial charge in [-0.3, -0.25) is 14.5 Å². The predicted octanol–water partition coefficient (Wildman–Crippen LogP) is 6.09. The van der Waals surface area contributed by atoms with E-state index in [0.29, 0.717) is 12.1 Å². The fourth-order valence-corrected chi connectivity index (χ4v) is 4.26. The second-order valence-electron chi connectivity index (χ2n) is 9.46. The molecule has 1 heterocycles. The van der Waals surface area contributed by atoms with E-state index < -0.39 is 17.7 Å². The normalized spacial score (nSPS) is 16.4. The number of carbonyl (C=O) groups is 2. The molecule has 1 N–H and O–H groups in total. The van der Waals surface area contributed by atoms with E-state index in [-0.39, 0.29) is 23.2 Å². The Morgan fingerprint density at radius 2 is 1.45 bits per heavy atom. The van der Waals surface area contributed by atoms with Crippen LogP contribution in [0.25, 0.3) is 0 Å². The molecule has 0 bridgehead atoms. The molecular formula is C29H29NO3. The quantitative estimate of drug-likeness (QED) is 0.506. The number of Topliss-reactive ketones (excluding diaryl/α,β-unsaturated/α-hetero) is 1. The van der Waals surface area contributed by atoms with Gasteiger partial charge in [0.05, 0.1) is 11.6 Å². The fraction of sp³-hybridized carbons (Fsp3) is 0.241. The van der Waals surface area contributed by atoms with Crippen LogP contribution in [0.5, 0.6) is 0 Å². The van der Waals surface area contributed by atoms with Crippen LogP contribution in [-0.4, -0.2) is 16.8 Å². The number of aliphatic hydroxyl groups excluding tert-OH is 1. The van der Waals surface area contributed by atoms with Crippen LogP contribution in [0, 0.1) is 0 Å². The predicted molar refractivity (Wildman–Crippen MR) is 131 cm³/mol. The number of para-hydroxylation sites is 1. The maximum absolute atomic E-state index is 13.4. The largest absolute Gasteiger partial charge is 0.503 e. The second kappa shape index (κ2) is 9.07. The van der Waals surface area contributed by atoms with Gasteiger partial charge in [0.25, 0.3) is 5.91 Å². The SMILES string of the molecule is CC(C)(C)c1ccc(C2C(C(=O)CCc3ccccc3)=C(O)C(=O)N2c2ccccc2)cc1. The Balaban J connectivity index is 1.72. The van der Waals surface area contributed by atoms with Gasteiger partial charge in [0.15, 0.2) is 11.5 Å². The van der Waals surface area contributed by atoms with E-state index >= 15 is 0 Å². The Hall–Kier alpha value is -3.66. The molecule has 3 aromatic carbocycles. The molecule has 0 fully saturated rings. The molecule has 4 heteroatoms. The molecule has 0 aliphatic carbocycles. The number of anilines is 1. The van der Waals surface area contributed by atoms with Gasteiger partial charge in [-0.1, -0.05) is 93.6 Å². The lowest BCUT2D eigenvalue weighted by atomic mass is 9.85. The van der Waals surface area contributed by atoms with Gasteiger partial charge in [-0.25, -0.2) is 0 Å². The summed E-state index contributed by atoms with van der Waals surface area (Å²) in [6.45, 7) is 6.42. The van der Waals surface area contributed by atoms with Crippen LogP contribution in [0.15, 0.2) is 96.3 Å². The van der Waals surface area contributed by atoms with E-state index in [4.69, 9.17) is 0 Å². The topological polar surface area (TPSA) is 57.6 Å². The lowest BCUT2D eigenvalue weighted by molar-refractivity contribution is -0.118. The Morgan fingerprint density at radius 3 is 2.03 bits per heavy atom. The highest BCUT2D eigenvalue weighted by atomic mass is 16.3. The highest BCUT2D eigenvalue weighted by Gasteiger charge is 2.44. The fourth-order valence-electron chi connectivity index (χ4n) is 4.26. The third-order valence-corrected chi connectivity index (χ3v) is 6.12. The average Bonchev–Trinajstić information content (AvgIpc) is 3.09. The van der Waals surface area contributed by atoms with Crippen molar-refractivity contribution < 1.29 is 14.7 Å². The number of hydrogen-bond donors (Lipinski definition) is 1. The van der Waals surface area contributed by atoms with Crippen LogP contribution in [0.2, 0.25) is 0 Å². The molecular weight excluding hydrogens is 410 g/mol. The summed E-state index contributed by atoms with van der Waals surface area (Å²) in [5, 5.41) is 10.8. The molecule has 168 valence electrons. The first-order valence-electron chi connectivity index (χ1n) is 11.3. The van der Waals surface area contributed by atoms with Crippen LogP contribution in [0.1, 0.15) is 49.9 Å². The highest BCUT2D eigenvalue weighted by molar-refractivity contribution is 6.16. The number of ketones is 1. The third-order valence-electron chi connectivity index (χ3n) is 6.12. The number of amides is 1. The van der Waals surface area contributed by atoms with Crippen LogP contribution < -0.4 is 4.90 Å². The molecule has 1 unspecified atom stereocenters. The highest BCUT2D eigenvalue weighted by Crippen LogP contribution is 2.41. The van der Waals surface area contributed by atoms with Crippen LogP contribution in [-0.2, 0) is 21.4 Å². The van der Waals surface area contributed by atoms with Gasteiger partial charge in [-0.05, 0) is 40.7 Å². The van der Waals surface area contributed by atoms with Crippen molar-refractivity contribution in [3.05, 3.63) is 113 Å². The van der Waals surface area contributed by atoms with Crippen LogP contribution in [0.3, 0.4) is 0 Å². The molecule has 0 saturated heterocycles. The Kier molecular flexibility index (Phi) is 6.19. The summed E-state index contributed by atoms with van der Waals surface area (Å²) in [6, 6.07) is 26.3. The van der Waals surface area contributed by atoms with Gasteiger partial charge in [-0.15, -0.1) is 0 Å². The monoisotopic (exact) mass is 439 g/mol. The van der Waals surface area contributed by atoms with Gasteiger partial charge in [-0.2, -0.15) is 0 Å². The summed E-state index contributed by atoms with van der Waals surface area (Å²) in [5.74, 6) is -1.22. The van der Waals surface area contributed by atoms with E-state index in [2.05, 4.69) is 20.8 Å². The van der Waals surface area contributed by atoms with Gasteiger partial charge >= 0.3 is 0 Å². The number of hydrogen-bond acceptors (Lipinski definition) is 3. The summed E-state index contributed by atoms with van der Waals surface area (Å²) in [4.78, 5) is 28.1. The second-order valence-corrected chi connectivity index (χ2v) is 9.46. The third kappa shape index (κ3) is 4.61. The summed E-state index contributed by atoms with van der Waals surface area (Å²) < 4.78 is 0. The zero-order valence-corrected chi connectivity index (χ0v) is 19.3. The van der Waals surface area contributed by atoms with Crippen molar-refractivity contribution in [3.63, 3.8) is 0 Å². The summed E-state index contributed by atoms with van der Waals surface area (Å²) in [5.41, 5.74) is 3.80. The minimum absolute atomic E-state index is 0.0184. The zero-order chi connectivity index (χ0) is 23.6. The molecule has 0 saturated carbocycles. The van der Waals surface area contributed by atoms with Crippen LogP contribution in [0.4, 0.5) is 5.69 Å². The maximum atomic E-state index is 13.4. The van der Waals surface area contributed by atoms with Gasteiger partial charge in [0.1, 0.15) is 0 Å². The molecule has 0 spiro atoms. The Bertz CT molecular complexity index is 1170. The number of nitrogens with zero attached hydrogens (tertiary/aromatic N) is 1. The number of rotatable bonds is 6. The molecule has 4 rings (SSSR count). The van der Waals surface area contributed by atoms with E-state index in [0.717, 1.165) is 16.7 Å². The lowest BCUT2D eigenvalue weighted by Gasteiger charge is -2.28. The minimum atomic E-state index is -0.669. The Morgan fingerprint density at radius 1 is 0.879 bits per heavy atom. The first-order chi connectivity index (χ1) is 15.8. The zero-order valence-electron chi connectivity index (χ0n) is 19.3. The maximum Gasteiger partial charge on any atom is 0.294 e. The van der Waals surface area contributed by atoms with Crippen molar-refractivity contribution in [1.29, 1.82) is 0 Å². The number of benzene rings is 3. The van der Waals surface area contributed by atoms with Crippen molar-refractivity contribution in [2.24, 2.45) is 0 Å². The molecule has 3 aromatic rings. The molecule has 1 atom stereocenters. The van der Waals surface area contributed by atoms with Gasteiger partial charge in [0.2, 0.25) is 0 Å². The first-order valence-corrected chi connectivity index (χ1v) is 11.3. The lowest BCUT2D eigenvalue weighted by Crippen LogP contribution is -2.31. The molecule has 0 aromatic heterocycles. The molecule has 4 nitrogen and oxygen atoms in total. The molecule has 1 aliphatic rings. The van der Waals surface area contributed by atoms with Crippen molar-refractivity contribution in [3.8, 4) is 0 Å². The van der Waals surface area contributed by atoms with Crippen molar-refractivity contribution in [2.75, 3.05) is 4.90 Å². The van der Waals surface area contributed by atoms with Crippen molar-refractivity contribution >= 4 is 17.4 Å². The smallest absolute Gasteiger partial charge is 0.294 e. The summed E-state index contributed by atoms with van der Waals surface area (Å²) in [6.07, 6.45) is 0.765. The van der Waals surface area contributed by atoms with Crippen molar-refractivity contribution in [1.82, 2.24) is 0 Å². The van der Waals surface area contributed by atoms with E-state index in [9.17, 15) is 14.7 Å². The summed E-state index contributed by atoms with van der Waals surface area (Å²) in [7, 11) is 0. The van der Waals surface area contributed by atoms with Crippen molar-refractivity contribution in [2.45, 2.75) is 45.1 Å². The van der Waals surface area contributed by atoms with Gasteiger partial charge in [0, 0.05) is 12.1 Å². The number of aryl methyl sites for hydroxylation is 1. The Labute approximate surface area is 195 Å². The van der Waals surface area contributed by atoms with Crippen LogP contribution >= 0.6 is 0 Å². The van der Waals surface area contributed by atoms with E-state index in [1.165, 1.54) is 4.90 Å². The minimum Gasteiger partial charge on any atom is -0.503 e. The number of aliphatic hydroxyl groups is 1. The summed E-state index contributed by atoms with van der Waals surface area (Å²) >= 11 is 0. The molecule has 0 radical (unpaired) electrons. The number of carbonyl (C=O) groups excluding carboxylic acids is 2. The molecule has 1 aliphatic heterocycles. The molecule has 33 heavy (non-hydrogen) atoms. The molecule has 1 amide bonds. The average molecular weight is 440 g/mol. The van der Waals surface area contributed by atoms with E-state index in [1.54, 1.807) is 0 Å². The standard InChI is InChI=1S/C29H29NO3/c1-29(2,3)22-17-15-21(16-18-22)26-25(24(31)19-14-20-10-6-4-7-11-20)27(32)28(33)30(26)23-12-8-5-9-13-23/h4-13,15-18,26,32H,14,19H2,1-3H3.